The summed E-state index contributed by atoms with van der Waals surface area (Å²) in [6.07, 6.45) is -2.72. The van der Waals surface area contributed by atoms with E-state index in [0.29, 0.717) is 25.9 Å². The standard InChI is InChI=1S/C42H65N3O11/c1-8-35(48)55-34-23-36(49)53-21-18-28(12-11-13-29-16-19-43-32-15-10-9-14-31(29)32)24-45(6)25-33(47)26(2)22-30(17-20-46)40(41(34)52-7)56-42-39(51)37(44(4)5)38(50)27(3)54-42/h9-10,14-16,19-20,26-28,30,33-34,37-42,47,50-51H,8,11-13,17-18,21-25H2,1-7H3/t26-,27?,28?,30+,33+,34-,37?,38-,39?,40+,41+,42+/m1/s1. The lowest BCUT2D eigenvalue weighted by Gasteiger charge is -2.47. The number of carbonyl (C=O) groups excluding carboxylic acids is 3. The van der Waals surface area contributed by atoms with Crippen LogP contribution in [0.15, 0.2) is 36.5 Å². The first-order chi connectivity index (χ1) is 26.8. The van der Waals surface area contributed by atoms with Gasteiger partial charge in [-0.3, -0.25) is 14.6 Å². The second kappa shape index (κ2) is 22.2. The molecule has 0 radical (unpaired) electrons. The fraction of sp³-hybridized carbons (Fsp3) is 0.714. The summed E-state index contributed by atoms with van der Waals surface area (Å²) in [5, 5.41) is 35.0. The number of β-amino-alcohol motifs (C(OH)–C–C–N with tert-alkyl or cyclic N) is 1. The van der Waals surface area contributed by atoms with Crippen molar-refractivity contribution in [1.82, 2.24) is 14.8 Å². The monoisotopic (exact) mass is 787 g/mol. The number of benzene rings is 1. The van der Waals surface area contributed by atoms with Crippen molar-refractivity contribution in [2.45, 2.75) is 127 Å². The first-order valence-corrected chi connectivity index (χ1v) is 20.1. The molecule has 0 bridgehead atoms. The largest absolute Gasteiger partial charge is 0.466 e. The quantitative estimate of drug-likeness (QED) is 0.211. The van der Waals surface area contributed by atoms with Crippen LogP contribution < -0.4 is 0 Å². The van der Waals surface area contributed by atoms with Gasteiger partial charge in [0.1, 0.15) is 24.6 Å². The molecule has 2 aromatic rings. The van der Waals surface area contributed by atoms with E-state index in [0.717, 1.165) is 36.5 Å². The van der Waals surface area contributed by atoms with E-state index in [4.69, 9.17) is 23.7 Å². The zero-order valence-corrected chi connectivity index (χ0v) is 34.2. The average Bonchev–Trinajstić information content (AvgIpc) is 3.15. The van der Waals surface area contributed by atoms with E-state index in [2.05, 4.69) is 22.0 Å². The molecule has 2 fully saturated rings. The van der Waals surface area contributed by atoms with Crippen molar-refractivity contribution < 1.29 is 53.4 Å². The number of cyclic esters (lactones) is 1. The Morgan fingerprint density at radius 2 is 1.84 bits per heavy atom. The van der Waals surface area contributed by atoms with Crippen LogP contribution in [-0.4, -0.2) is 151 Å². The van der Waals surface area contributed by atoms with Gasteiger partial charge >= 0.3 is 11.9 Å². The molecule has 56 heavy (non-hydrogen) atoms. The summed E-state index contributed by atoms with van der Waals surface area (Å²) in [6, 6.07) is 9.41. The van der Waals surface area contributed by atoms with Crippen LogP contribution in [0.4, 0.5) is 0 Å². The van der Waals surface area contributed by atoms with E-state index in [1.165, 1.54) is 12.7 Å². The van der Waals surface area contributed by atoms with E-state index < -0.39 is 72.9 Å². The molecular formula is C42H65N3O11. The molecule has 2 aliphatic rings. The Bertz CT molecular complexity index is 1520. The highest BCUT2D eigenvalue weighted by atomic mass is 16.7. The highest BCUT2D eigenvalue weighted by Gasteiger charge is 2.48. The van der Waals surface area contributed by atoms with Crippen LogP contribution in [0.3, 0.4) is 0 Å². The predicted octanol–water partition coefficient (Wildman–Crippen LogP) is 3.15. The number of likely N-dealkylation sites (N-methyl/N-ethyl adjacent to an activating group) is 2. The maximum absolute atomic E-state index is 13.5. The van der Waals surface area contributed by atoms with Crippen molar-refractivity contribution in [1.29, 1.82) is 0 Å². The van der Waals surface area contributed by atoms with Gasteiger partial charge in [0.25, 0.3) is 0 Å². The molecule has 0 aliphatic carbocycles. The third-order valence-electron chi connectivity index (χ3n) is 11.4. The van der Waals surface area contributed by atoms with Crippen LogP contribution >= 0.6 is 0 Å². The second-order valence-electron chi connectivity index (χ2n) is 16.0. The summed E-state index contributed by atoms with van der Waals surface area (Å²) in [5.74, 6) is -1.96. The summed E-state index contributed by atoms with van der Waals surface area (Å²) < 4.78 is 30.2. The summed E-state index contributed by atoms with van der Waals surface area (Å²) in [4.78, 5) is 46.9. The van der Waals surface area contributed by atoms with Gasteiger partial charge in [0.15, 0.2) is 6.29 Å². The van der Waals surface area contributed by atoms with Crippen molar-refractivity contribution in [3.05, 3.63) is 42.1 Å². The molecule has 14 heteroatoms. The number of nitrogens with zero attached hydrogens (tertiary/aromatic N) is 3. The lowest BCUT2D eigenvalue weighted by molar-refractivity contribution is -0.310. The fourth-order valence-corrected chi connectivity index (χ4v) is 8.30. The van der Waals surface area contributed by atoms with Gasteiger partial charge < -0.3 is 53.6 Å². The van der Waals surface area contributed by atoms with Crippen LogP contribution in [0.25, 0.3) is 10.9 Å². The number of rotatable bonds is 12. The summed E-state index contributed by atoms with van der Waals surface area (Å²) in [7, 11) is 6.82. The van der Waals surface area contributed by atoms with Crippen LogP contribution in [0.1, 0.15) is 71.3 Å². The number of carbonyl (C=O) groups is 3. The van der Waals surface area contributed by atoms with Gasteiger partial charge in [-0.25, -0.2) is 0 Å². The van der Waals surface area contributed by atoms with Gasteiger partial charge in [0, 0.05) is 44.6 Å². The van der Waals surface area contributed by atoms with E-state index in [1.54, 1.807) is 32.8 Å². The Hall–Kier alpha value is -3.08. The van der Waals surface area contributed by atoms with Gasteiger partial charge in [-0.15, -0.1) is 0 Å². The van der Waals surface area contributed by atoms with Crippen LogP contribution in [0, 0.1) is 17.8 Å². The molecule has 2 saturated heterocycles. The minimum atomic E-state index is -1.32. The normalized spacial score (nSPS) is 33.2. The molecule has 3 heterocycles. The maximum Gasteiger partial charge on any atom is 0.309 e. The van der Waals surface area contributed by atoms with E-state index in [9.17, 15) is 29.7 Å². The number of fused-ring (bicyclic) bond motifs is 1. The van der Waals surface area contributed by atoms with Crippen LogP contribution in [0.5, 0.6) is 0 Å². The van der Waals surface area contributed by atoms with Crippen LogP contribution in [0.2, 0.25) is 0 Å². The van der Waals surface area contributed by atoms with Crippen LogP contribution in [-0.2, 0) is 44.5 Å². The number of methoxy groups -OCH3 is 1. The van der Waals surface area contributed by atoms with Gasteiger partial charge in [-0.1, -0.05) is 32.0 Å². The van der Waals surface area contributed by atoms with E-state index in [1.807, 2.05) is 38.4 Å². The summed E-state index contributed by atoms with van der Waals surface area (Å²) in [6.45, 7) is 6.39. The Balaban J connectivity index is 1.61. The molecule has 14 nitrogen and oxygen atoms in total. The van der Waals surface area contributed by atoms with Crippen molar-refractivity contribution in [3.63, 3.8) is 0 Å². The molecule has 0 amide bonds. The zero-order chi connectivity index (χ0) is 40.9. The molecule has 12 atom stereocenters. The Kier molecular flexibility index (Phi) is 18.1. The highest BCUT2D eigenvalue weighted by molar-refractivity contribution is 5.81. The highest BCUT2D eigenvalue weighted by Crippen LogP contribution is 2.34. The summed E-state index contributed by atoms with van der Waals surface area (Å²) >= 11 is 0. The molecular weight excluding hydrogens is 722 g/mol. The number of pyridine rings is 1. The van der Waals surface area contributed by atoms with Gasteiger partial charge in [0.05, 0.1) is 49.0 Å². The number of aliphatic hydroxyl groups excluding tert-OH is 3. The SMILES string of the molecule is CCC(=O)O[C@@H]1CC(=O)OCCC(CCCc2ccnc3ccccc23)CN(C)C[C@H](O)[C@H](C)C[C@H](CC=O)[C@H](O[C@@H]2OC(C)[C@@H](O)C(N(C)C)C2O)[C@H]1OC. The third-order valence-corrected chi connectivity index (χ3v) is 11.4. The van der Waals surface area contributed by atoms with Gasteiger partial charge in [-0.05, 0) is 95.6 Å². The number of para-hydroxylation sites is 1. The number of hydrogen-bond donors (Lipinski definition) is 3. The fourth-order valence-electron chi connectivity index (χ4n) is 8.30. The number of aryl methyl sites for hydroxylation is 1. The molecule has 0 spiro atoms. The topological polar surface area (TPSA) is 177 Å². The number of ether oxygens (including phenoxy) is 5. The molecule has 4 unspecified atom stereocenters. The number of aldehydes is 1. The minimum absolute atomic E-state index is 0.0245. The average molecular weight is 788 g/mol. The summed E-state index contributed by atoms with van der Waals surface area (Å²) in [5.41, 5.74) is 2.19. The first kappa shape index (κ1) is 45.6. The molecule has 1 aromatic carbocycles. The second-order valence-corrected chi connectivity index (χ2v) is 16.0. The maximum atomic E-state index is 13.5. The number of esters is 2. The molecule has 4 rings (SSSR count). The molecule has 314 valence electrons. The first-order valence-electron chi connectivity index (χ1n) is 20.1. The molecule has 0 saturated carbocycles. The molecule has 2 aliphatic heterocycles. The molecule has 3 N–H and O–H groups in total. The number of aliphatic hydroxyl groups is 3. The van der Waals surface area contributed by atoms with Crippen molar-refractivity contribution in [3.8, 4) is 0 Å². The number of aromatic nitrogens is 1. The van der Waals surface area contributed by atoms with Crippen molar-refractivity contribution >= 4 is 29.1 Å². The van der Waals surface area contributed by atoms with Crippen molar-refractivity contribution in [2.24, 2.45) is 17.8 Å². The minimum Gasteiger partial charge on any atom is -0.466 e. The zero-order valence-electron chi connectivity index (χ0n) is 34.2. The van der Waals surface area contributed by atoms with Gasteiger partial charge in [0.2, 0.25) is 0 Å². The Labute approximate surface area is 331 Å². The smallest absolute Gasteiger partial charge is 0.309 e. The lowest BCUT2D eigenvalue weighted by atomic mass is 9.82. The van der Waals surface area contributed by atoms with Gasteiger partial charge in [-0.2, -0.15) is 0 Å². The number of hydrogen-bond acceptors (Lipinski definition) is 14. The third kappa shape index (κ3) is 12.5. The molecule has 1 aromatic heterocycles. The van der Waals surface area contributed by atoms with E-state index >= 15 is 0 Å². The Morgan fingerprint density at radius 1 is 1.09 bits per heavy atom. The lowest BCUT2D eigenvalue weighted by Crippen LogP contribution is -2.63. The van der Waals surface area contributed by atoms with Crippen molar-refractivity contribution in [2.75, 3.05) is 47.9 Å². The van der Waals surface area contributed by atoms with E-state index in [-0.39, 0.29) is 37.7 Å². The Morgan fingerprint density at radius 3 is 2.54 bits per heavy atom. The predicted molar refractivity (Wildman–Crippen MR) is 209 cm³/mol.